The molecule has 0 aliphatic rings. The fraction of sp³-hybridized carbons (Fsp3) is 0.600. The normalized spacial score (nSPS) is 11.9. The third-order valence-electron chi connectivity index (χ3n) is 1.98. The second kappa shape index (κ2) is 4.44. The van der Waals surface area contributed by atoms with Gasteiger partial charge in [0, 0.05) is 13.7 Å². The van der Waals surface area contributed by atoms with Gasteiger partial charge in [0.2, 0.25) is 0 Å². The Morgan fingerprint density at radius 3 is 2.85 bits per heavy atom. The first kappa shape index (κ1) is 10.3. The Kier molecular flexibility index (Phi) is 3.51. The third-order valence-corrected chi connectivity index (χ3v) is 1.98. The van der Waals surface area contributed by atoms with Crippen LogP contribution < -0.4 is 5.32 Å². The van der Waals surface area contributed by atoms with Crippen molar-refractivity contribution in [3.05, 3.63) is 24.2 Å². The van der Waals surface area contributed by atoms with E-state index in [1.807, 2.05) is 26.0 Å². The van der Waals surface area contributed by atoms with Crippen LogP contribution in [0.25, 0.3) is 0 Å². The first-order valence-corrected chi connectivity index (χ1v) is 4.42. The van der Waals surface area contributed by atoms with Crippen LogP contribution in [-0.4, -0.2) is 19.3 Å². The maximum atomic E-state index is 5.26. The van der Waals surface area contributed by atoms with Gasteiger partial charge in [0.15, 0.2) is 0 Å². The Morgan fingerprint density at radius 2 is 2.31 bits per heavy atom. The van der Waals surface area contributed by atoms with Crippen LogP contribution in [0.5, 0.6) is 0 Å². The summed E-state index contributed by atoms with van der Waals surface area (Å²) in [6, 6.07) is 3.84. The average molecular weight is 183 g/mol. The minimum Gasteiger partial charge on any atom is -0.468 e. The van der Waals surface area contributed by atoms with Crippen LogP contribution in [0, 0.1) is 0 Å². The Hall–Kier alpha value is -0.800. The predicted molar refractivity (Wildman–Crippen MR) is 51.5 cm³/mol. The molecule has 1 aromatic heterocycles. The van der Waals surface area contributed by atoms with E-state index in [4.69, 9.17) is 9.15 Å². The first-order chi connectivity index (χ1) is 6.14. The fourth-order valence-electron chi connectivity index (χ4n) is 0.972. The maximum Gasteiger partial charge on any atom is 0.117 e. The molecule has 13 heavy (non-hydrogen) atoms. The van der Waals surface area contributed by atoms with Crippen molar-refractivity contribution in [2.45, 2.75) is 26.0 Å². The highest BCUT2D eigenvalue weighted by molar-refractivity contribution is 4.97. The zero-order valence-electron chi connectivity index (χ0n) is 8.46. The van der Waals surface area contributed by atoms with Gasteiger partial charge in [-0.25, -0.2) is 0 Å². The molecule has 1 heterocycles. The van der Waals surface area contributed by atoms with Crippen molar-refractivity contribution in [2.24, 2.45) is 0 Å². The number of methoxy groups -OCH3 is 1. The van der Waals surface area contributed by atoms with Gasteiger partial charge in [0.1, 0.15) is 5.76 Å². The minimum absolute atomic E-state index is 0.118. The smallest absolute Gasteiger partial charge is 0.117 e. The Balaban J connectivity index is 2.21. The molecule has 0 aliphatic heterocycles. The number of rotatable bonds is 5. The molecule has 0 aromatic carbocycles. The maximum absolute atomic E-state index is 5.26. The van der Waals surface area contributed by atoms with Gasteiger partial charge >= 0.3 is 0 Å². The average Bonchev–Trinajstić information content (AvgIpc) is 2.57. The second-order valence-electron chi connectivity index (χ2n) is 3.65. The van der Waals surface area contributed by atoms with Gasteiger partial charge in [-0.1, -0.05) is 0 Å². The molecule has 0 saturated carbocycles. The summed E-state index contributed by atoms with van der Waals surface area (Å²) in [6.45, 7) is 5.65. The number of hydrogen-bond donors (Lipinski definition) is 1. The largest absolute Gasteiger partial charge is 0.468 e. The molecule has 3 heteroatoms. The molecule has 0 radical (unpaired) electrons. The molecule has 1 N–H and O–H groups in total. The van der Waals surface area contributed by atoms with Gasteiger partial charge in [-0.05, 0) is 26.0 Å². The Morgan fingerprint density at radius 1 is 1.54 bits per heavy atom. The topological polar surface area (TPSA) is 34.4 Å². The van der Waals surface area contributed by atoms with Crippen molar-refractivity contribution < 1.29 is 9.15 Å². The van der Waals surface area contributed by atoms with Crippen LogP contribution in [-0.2, 0) is 11.3 Å². The molecular formula is C10H17NO2. The van der Waals surface area contributed by atoms with E-state index in [1.165, 1.54) is 0 Å². The van der Waals surface area contributed by atoms with Crippen LogP contribution in [0.15, 0.2) is 22.8 Å². The summed E-state index contributed by atoms with van der Waals surface area (Å²) < 4.78 is 10.4. The molecule has 0 saturated heterocycles. The van der Waals surface area contributed by atoms with Crippen molar-refractivity contribution in [2.75, 3.05) is 13.7 Å². The molecule has 3 nitrogen and oxygen atoms in total. The number of hydrogen-bond acceptors (Lipinski definition) is 3. The van der Waals surface area contributed by atoms with Gasteiger partial charge in [-0.3, -0.25) is 0 Å². The summed E-state index contributed by atoms with van der Waals surface area (Å²) in [5.74, 6) is 0.951. The molecule has 0 spiro atoms. The highest BCUT2D eigenvalue weighted by Gasteiger charge is 2.15. The van der Waals surface area contributed by atoms with Gasteiger partial charge in [0.25, 0.3) is 0 Å². The molecule has 1 aromatic rings. The van der Waals surface area contributed by atoms with Crippen LogP contribution in [0.1, 0.15) is 19.6 Å². The Bertz CT molecular complexity index is 229. The molecule has 1 rings (SSSR count). The van der Waals surface area contributed by atoms with Crippen LogP contribution in [0.3, 0.4) is 0 Å². The van der Waals surface area contributed by atoms with E-state index >= 15 is 0 Å². The van der Waals surface area contributed by atoms with Gasteiger partial charge in [0.05, 0.1) is 18.4 Å². The minimum atomic E-state index is -0.118. The zero-order valence-corrected chi connectivity index (χ0v) is 8.46. The van der Waals surface area contributed by atoms with E-state index in [9.17, 15) is 0 Å². The van der Waals surface area contributed by atoms with Crippen molar-refractivity contribution in [1.29, 1.82) is 0 Å². The summed E-state index contributed by atoms with van der Waals surface area (Å²) >= 11 is 0. The van der Waals surface area contributed by atoms with E-state index < -0.39 is 0 Å². The first-order valence-electron chi connectivity index (χ1n) is 4.42. The lowest BCUT2D eigenvalue weighted by Gasteiger charge is -2.22. The summed E-state index contributed by atoms with van der Waals surface area (Å²) in [5.41, 5.74) is -0.118. The molecular weight excluding hydrogens is 166 g/mol. The number of furan rings is 1. The van der Waals surface area contributed by atoms with Crippen molar-refractivity contribution in [3.63, 3.8) is 0 Å². The lowest BCUT2D eigenvalue weighted by molar-refractivity contribution is 0.0227. The van der Waals surface area contributed by atoms with E-state index in [1.54, 1.807) is 13.4 Å². The zero-order chi connectivity index (χ0) is 9.73. The van der Waals surface area contributed by atoms with E-state index in [-0.39, 0.29) is 5.60 Å². The monoisotopic (exact) mass is 183 g/mol. The number of ether oxygens (including phenoxy) is 1. The quantitative estimate of drug-likeness (QED) is 0.755. The molecule has 0 aliphatic carbocycles. The highest BCUT2D eigenvalue weighted by atomic mass is 16.5. The predicted octanol–water partition coefficient (Wildman–Crippen LogP) is 1.79. The summed E-state index contributed by atoms with van der Waals surface area (Å²) in [4.78, 5) is 0. The van der Waals surface area contributed by atoms with Gasteiger partial charge in [-0.2, -0.15) is 0 Å². The SMILES string of the molecule is COC(C)(C)CNCc1ccco1. The highest BCUT2D eigenvalue weighted by Crippen LogP contribution is 2.05. The molecule has 0 atom stereocenters. The fourth-order valence-corrected chi connectivity index (χ4v) is 0.972. The Labute approximate surface area is 79.1 Å². The summed E-state index contributed by atoms with van der Waals surface area (Å²) in [5, 5.41) is 3.26. The molecule has 74 valence electrons. The lowest BCUT2D eigenvalue weighted by atomic mass is 10.1. The van der Waals surface area contributed by atoms with Crippen molar-refractivity contribution in [1.82, 2.24) is 5.32 Å². The van der Waals surface area contributed by atoms with E-state index in [2.05, 4.69) is 5.32 Å². The molecule has 0 unspecified atom stereocenters. The standard InChI is InChI=1S/C10H17NO2/c1-10(2,12-3)8-11-7-9-5-4-6-13-9/h4-6,11H,7-8H2,1-3H3. The van der Waals surface area contributed by atoms with E-state index in [0.29, 0.717) is 0 Å². The van der Waals surface area contributed by atoms with Gasteiger partial charge < -0.3 is 14.5 Å². The second-order valence-corrected chi connectivity index (χ2v) is 3.65. The van der Waals surface area contributed by atoms with Crippen LogP contribution >= 0.6 is 0 Å². The lowest BCUT2D eigenvalue weighted by Crippen LogP contribution is -2.36. The molecule has 0 amide bonds. The van der Waals surface area contributed by atoms with Crippen LogP contribution in [0.2, 0.25) is 0 Å². The molecule has 0 fully saturated rings. The van der Waals surface area contributed by atoms with Gasteiger partial charge in [-0.15, -0.1) is 0 Å². The third kappa shape index (κ3) is 3.61. The van der Waals surface area contributed by atoms with Crippen molar-refractivity contribution >= 4 is 0 Å². The number of nitrogens with one attached hydrogen (secondary N) is 1. The summed E-state index contributed by atoms with van der Waals surface area (Å²) in [7, 11) is 1.72. The van der Waals surface area contributed by atoms with E-state index in [0.717, 1.165) is 18.8 Å². The summed E-state index contributed by atoms with van der Waals surface area (Å²) in [6.07, 6.45) is 1.68. The van der Waals surface area contributed by atoms with Crippen LogP contribution in [0.4, 0.5) is 0 Å². The van der Waals surface area contributed by atoms with Crippen molar-refractivity contribution in [3.8, 4) is 0 Å². The molecule has 0 bridgehead atoms.